The normalized spacial score (nSPS) is 33.1. The predicted molar refractivity (Wildman–Crippen MR) is 129 cm³/mol. The molecule has 0 saturated carbocycles. The van der Waals surface area contributed by atoms with Crippen LogP contribution in [0.25, 0.3) is 0 Å². The summed E-state index contributed by atoms with van der Waals surface area (Å²) in [6.45, 7) is 7.75. The number of hydrogen-bond donors (Lipinski definition) is 0. The van der Waals surface area contributed by atoms with Crippen molar-refractivity contribution in [3.8, 4) is 0 Å². The highest BCUT2D eigenvalue weighted by molar-refractivity contribution is 5.69. The Balaban J connectivity index is 2.41. The minimum absolute atomic E-state index is 0.456. The van der Waals surface area contributed by atoms with Crippen molar-refractivity contribution in [1.82, 2.24) is 0 Å². The smallest absolute Gasteiger partial charge is 0.303 e. The van der Waals surface area contributed by atoms with Crippen molar-refractivity contribution in [3.05, 3.63) is 0 Å². The zero-order chi connectivity index (χ0) is 31.0. The van der Waals surface area contributed by atoms with Gasteiger partial charge in [-0.15, -0.1) is 0 Å². The fourth-order valence-electron chi connectivity index (χ4n) is 4.47. The summed E-state index contributed by atoms with van der Waals surface area (Å²) in [6, 6.07) is 0. The van der Waals surface area contributed by atoms with Crippen LogP contribution in [-0.4, -0.2) is 111 Å². The van der Waals surface area contributed by atoms with Gasteiger partial charge in [0.1, 0.15) is 6.10 Å². The Morgan fingerprint density at radius 3 is 1.32 bits per heavy atom. The lowest BCUT2D eigenvalue weighted by molar-refractivity contribution is -0.329. The van der Waals surface area contributed by atoms with Gasteiger partial charge in [0.05, 0.1) is 12.7 Å². The van der Waals surface area contributed by atoms with Crippen LogP contribution in [0.5, 0.6) is 0 Å². The molecule has 0 aromatic heterocycles. The molecule has 2 rings (SSSR count). The minimum Gasteiger partial charge on any atom is -0.456 e. The summed E-state index contributed by atoms with van der Waals surface area (Å²) in [4.78, 5) is 71.3. The summed E-state index contributed by atoms with van der Waals surface area (Å²) in [6.07, 6.45) is -12.8. The maximum atomic E-state index is 12.0. The summed E-state index contributed by atoms with van der Waals surface area (Å²) >= 11 is 0. The number of rotatable bonds is 10. The van der Waals surface area contributed by atoms with Crippen LogP contribution in [0.3, 0.4) is 0 Å². The lowest BCUT2D eigenvalue weighted by Gasteiger charge is -2.45. The first kappa shape index (κ1) is 33.9. The van der Waals surface area contributed by atoms with E-state index in [0.717, 1.165) is 41.5 Å². The van der Waals surface area contributed by atoms with Crippen molar-refractivity contribution in [2.24, 2.45) is 0 Å². The molecule has 10 atom stereocenters. The molecule has 2 saturated heterocycles. The number of carbonyl (C=O) groups is 6. The monoisotopic (exact) mass is 592 g/mol. The zero-order valence-electron chi connectivity index (χ0n) is 24.0. The van der Waals surface area contributed by atoms with E-state index in [0.29, 0.717) is 0 Å². The third kappa shape index (κ3) is 9.62. The molecule has 0 amide bonds. The highest BCUT2D eigenvalue weighted by Gasteiger charge is 2.54. The van der Waals surface area contributed by atoms with Gasteiger partial charge in [-0.1, -0.05) is 0 Å². The molecule has 0 aromatic rings. The van der Waals surface area contributed by atoms with Crippen molar-refractivity contribution in [1.29, 1.82) is 0 Å². The molecule has 16 heteroatoms. The molecular weight excluding hydrogens is 556 g/mol. The van der Waals surface area contributed by atoms with Gasteiger partial charge in [0.15, 0.2) is 49.2 Å². The average Bonchev–Trinajstić information content (AvgIpc) is 2.83. The van der Waals surface area contributed by atoms with Gasteiger partial charge in [0.25, 0.3) is 0 Å². The molecule has 0 radical (unpaired) electrons. The number of esters is 6. The van der Waals surface area contributed by atoms with Gasteiger partial charge in [-0.2, -0.15) is 0 Å². The lowest BCUT2D eigenvalue weighted by Crippen LogP contribution is -2.64. The second kappa shape index (κ2) is 15.0. The average molecular weight is 593 g/mol. The van der Waals surface area contributed by atoms with Gasteiger partial charge in [-0.25, -0.2) is 0 Å². The van der Waals surface area contributed by atoms with E-state index in [-0.39, 0.29) is 0 Å². The molecule has 232 valence electrons. The van der Waals surface area contributed by atoms with Crippen LogP contribution in [0.1, 0.15) is 48.5 Å². The third-order valence-corrected chi connectivity index (χ3v) is 5.79. The molecule has 16 nitrogen and oxygen atoms in total. The molecule has 0 aromatic carbocycles. The molecule has 2 fully saturated rings. The van der Waals surface area contributed by atoms with E-state index in [4.69, 9.17) is 47.4 Å². The van der Waals surface area contributed by atoms with E-state index in [9.17, 15) is 28.8 Å². The highest BCUT2D eigenvalue weighted by Crippen LogP contribution is 2.32. The molecule has 2 aliphatic heterocycles. The second-order valence-corrected chi connectivity index (χ2v) is 9.27. The van der Waals surface area contributed by atoms with Crippen molar-refractivity contribution in [3.63, 3.8) is 0 Å². The first-order chi connectivity index (χ1) is 19.1. The van der Waals surface area contributed by atoms with Crippen LogP contribution >= 0.6 is 0 Å². The van der Waals surface area contributed by atoms with Gasteiger partial charge < -0.3 is 47.4 Å². The maximum absolute atomic E-state index is 12.0. The summed E-state index contributed by atoms with van der Waals surface area (Å²) in [5, 5.41) is 0. The van der Waals surface area contributed by atoms with E-state index >= 15 is 0 Å². The molecule has 2 aliphatic rings. The third-order valence-electron chi connectivity index (χ3n) is 5.79. The summed E-state index contributed by atoms with van der Waals surface area (Å²) < 4.78 is 54.9. The molecule has 41 heavy (non-hydrogen) atoms. The fourth-order valence-corrected chi connectivity index (χ4v) is 4.47. The fraction of sp³-hybridized carbons (Fsp3) is 0.760. The quantitative estimate of drug-likeness (QED) is 0.237. The van der Waals surface area contributed by atoms with Crippen LogP contribution < -0.4 is 0 Å². The first-order valence-corrected chi connectivity index (χ1v) is 12.6. The van der Waals surface area contributed by atoms with Crippen molar-refractivity contribution >= 4 is 35.8 Å². The molecule has 0 spiro atoms. The summed E-state index contributed by atoms with van der Waals surface area (Å²) in [5.41, 5.74) is 0. The maximum Gasteiger partial charge on any atom is 0.303 e. The molecule has 0 N–H and O–H groups in total. The van der Waals surface area contributed by atoms with Crippen LogP contribution in [0.2, 0.25) is 0 Å². The van der Waals surface area contributed by atoms with Crippen molar-refractivity contribution < 1.29 is 76.1 Å². The van der Waals surface area contributed by atoms with Gasteiger partial charge in [0.2, 0.25) is 0 Å². The van der Waals surface area contributed by atoms with Crippen LogP contribution in [0.4, 0.5) is 0 Å². The van der Waals surface area contributed by atoms with Crippen molar-refractivity contribution in [2.75, 3.05) is 13.7 Å². The topological polar surface area (TPSA) is 195 Å². The Hall–Kier alpha value is -3.34. The zero-order valence-corrected chi connectivity index (χ0v) is 24.0. The van der Waals surface area contributed by atoms with E-state index in [2.05, 4.69) is 0 Å². The second-order valence-electron chi connectivity index (χ2n) is 9.27. The predicted octanol–water partition coefficient (Wildman–Crippen LogP) is -0.291. The number of carbonyl (C=O) groups excluding carboxylic acids is 6. The molecule has 2 heterocycles. The Kier molecular flexibility index (Phi) is 12.4. The van der Waals surface area contributed by atoms with E-state index in [1.54, 1.807) is 0 Å². The Bertz CT molecular complexity index is 981. The minimum atomic E-state index is -1.41. The van der Waals surface area contributed by atoms with E-state index < -0.39 is 104 Å². The van der Waals surface area contributed by atoms with Crippen LogP contribution in [0, 0.1) is 0 Å². The number of ether oxygens (including phenoxy) is 10. The van der Waals surface area contributed by atoms with Gasteiger partial charge in [0, 0.05) is 48.7 Å². The van der Waals surface area contributed by atoms with Crippen LogP contribution in [0.15, 0.2) is 0 Å². The lowest BCUT2D eigenvalue weighted by atomic mass is 9.97. The number of methoxy groups -OCH3 is 1. The van der Waals surface area contributed by atoms with E-state index in [1.807, 2.05) is 0 Å². The molecular formula is C25H36O16. The highest BCUT2D eigenvalue weighted by atomic mass is 16.8. The summed E-state index contributed by atoms with van der Waals surface area (Å²) in [7, 11) is 1.25. The van der Waals surface area contributed by atoms with Gasteiger partial charge in [-0.3, -0.25) is 28.8 Å². The van der Waals surface area contributed by atoms with Gasteiger partial charge in [-0.05, 0) is 6.92 Å². The standard InChI is InChI=1S/C25H36O16/c1-10-18(35-11(2)26)20(37-13(4)28)23(40-16(7)31)25(34-10)33-9-17-19(36-12(3)27)21(38-14(5)29)22(39-15(6)30)24(32-8)41-17/h10,17-25H,9H2,1-8H3/t10-,17-,18+,19+,20+,21+,22-,23-,24-,25+/m0/s1. The largest absolute Gasteiger partial charge is 0.456 e. The SMILES string of the molecule is CO[C@H]1O[C@@H](CO[C@@H]2O[C@@H](C)[C@@H](OC(C)=O)[C@@H](OC(C)=O)[C@@H]2OC(C)=O)[C@@H](OC(C)=O)[C@@H](OC(C)=O)[C@@H]1OC(C)=O. The van der Waals surface area contributed by atoms with Crippen molar-refractivity contribution in [2.45, 2.75) is 110 Å². The summed E-state index contributed by atoms with van der Waals surface area (Å²) in [5.74, 6) is -4.55. The Morgan fingerprint density at radius 2 is 0.878 bits per heavy atom. The van der Waals surface area contributed by atoms with E-state index in [1.165, 1.54) is 14.0 Å². The Labute approximate surface area is 236 Å². The van der Waals surface area contributed by atoms with Gasteiger partial charge >= 0.3 is 35.8 Å². The molecule has 0 unspecified atom stereocenters. The molecule has 0 aliphatic carbocycles. The number of hydrogen-bond acceptors (Lipinski definition) is 16. The van der Waals surface area contributed by atoms with Crippen LogP contribution in [-0.2, 0) is 76.1 Å². The first-order valence-electron chi connectivity index (χ1n) is 12.6. The Morgan fingerprint density at radius 1 is 0.512 bits per heavy atom. The molecule has 0 bridgehead atoms.